The topological polar surface area (TPSA) is 39.9 Å². The van der Waals surface area contributed by atoms with E-state index in [9.17, 15) is 5.26 Å². The monoisotopic (exact) mass is 529 g/mol. The van der Waals surface area contributed by atoms with Crippen LogP contribution in [0.1, 0.15) is 53.1 Å². The Bertz CT molecular complexity index is 1810. The highest BCUT2D eigenvalue weighted by Gasteiger charge is 2.46. The van der Waals surface area contributed by atoms with Crippen LogP contribution in [0.5, 0.6) is 0 Å². The third-order valence-electron chi connectivity index (χ3n) is 9.74. The van der Waals surface area contributed by atoms with Gasteiger partial charge >= 0.3 is 0 Å². The van der Waals surface area contributed by atoms with Crippen molar-refractivity contribution < 1.29 is 0 Å². The van der Waals surface area contributed by atoms with E-state index in [4.69, 9.17) is 0 Å². The Hall–Kier alpha value is -4.68. The highest BCUT2D eigenvalue weighted by Crippen LogP contribution is 2.54. The summed E-state index contributed by atoms with van der Waals surface area (Å²) in [5.74, 6) is 0.834. The van der Waals surface area contributed by atoms with Gasteiger partial charge in [-0.1, -0.05) is 104 Å². The molecule has 0 radical (unpaired) electrons. The van der Waals surface area contributed by atoms with E-state index in [2.05, 4.69) is 120 Å². The Morgan fingerprint density at radius 3 is 2.71 bits per heavy atom. The lowest BCUT2D eigenvalue weighted by molar-refractivity contribution is 0.509. The fourth-order valence-corrected chi connectivity index (χ4v) is 7.90. The number of allylic oxidation sites excluding steroid dienone is 8. The molecular weight excluding hydrogens is 498 g/mol. The highest BCUT2D eigenvalue weighted by molar-refractivity contribution is 5.87. The number of anilines is 1. The number of rotatable bonds is 3. The molecule has 0 fully saturated rings. The molecular formula is C38H31N3. The SMILES string of the molecule is CC1C(C2=C[C@H](c3cccnc3C#N)CC=C2)=CC=CC1N1c2ccccc2C2C3=C(C=CC21)c1ccccc1C3. The largest absolute Gasteiger partial charge is 0.357 e. The van der Waals surface area contributed by atoms with Gasteiger partial charge in [-0.3, -0.25) is 0 Å². The molecule has 4 aliphatic carbocycles. The first-order chi connectivity index (χ1) is 20.2. The molecule has 198 valence electrons. The summed E-state index contributed by atoms with van der Waals surface area (Å²) in [6.45, 7) is 2.38. The molecule has 8 rings (SSSR count). The van der Waals surface area contributed by atoms with E-state index in [1.54, 1.807) is 11.8 Å². The maximum Gasteiger partial charge on any atom is 0.144 e. The van der Waals surface area contributed by atoms with Crippen molar-refractivity contribution in [2.45, 2.75) is 43.7 Å². The molecule has 0 saturated heterocycles. The van der Waals surface area contributed by atoms with Crippen molar-refractivity contribution >= 4 is 11.3 Å². The third-order valence-corrected chi connectivity index (χ3v) is 9.74. The lowest BCUT2D eigenvalue weighted by Crippen LogP contribution is -2.45. The molecule has 1 aliphatic heterocycles. The number of benzene rings is 2. The average molecular weight is 530 g/mol. The van der Waals surface area contributed by atoms with Crippen molar-refractivity contribution in [3.05, 3.63) is 160 Å². The van der Waals surface area contributed by atoms with E-state index in [1.165, 1.54) is 39.1 Å². The average Bonchev–Trinajstić information content (AvgIpc) is 3.57. The number of hydrogen-bond acceptors (Lipinski definition) is 3. The van der Waals surface area contributed by atoms with Gasteiger partial charge in [-0.15, -0.1) is 0 Å². The van der Waals surface area contributed by atoms with Crippen LogP contribution < -0.4 is 4.90 Å². The van der Waals surface area contributed by atoms with E-state index in [0.29, 0.717) is 23.6 Å². The van der Waals surface area contributed by atoms with Crippen molar-refractivity contribution in [2.24, 2.45) is 5.92 Å². The molecule has 3 heteroatoms. The van der Waals surface area contributed by atoms with E-state index in [0.717, 1.165) is 18.4 Å². The Balaban J connectivity index is 1.14. The molecule has 2 aromatic carbocycles. The maximum absolute atomic E-state index is 9.66. The predicted octanol–water partition coefficient (Wildman–Crippen LogP) is 7.98. The molecule has 41 heavy (non-hydrogen) atoms. The summed E-state index contributed by atoms with van der Waals surface area (Å²) in [7, 11) is 0. The summed E-state index contributed by atoms with van der Waals surface area (Å²) < 4.78 is 0. The van der Waals surface area contributed by atoms with Gasteiger partial charge in [0.2, 0.25) is 0 Å². The summed E-state index contributed by atoms with van der Waals surface area (Å²) in [5.41, 5.74) is 12.8. The van der Waals surface area contributed by atoms with Crippen molar-refractivity contribution in [3.63, 3.8) is 0 Å². The quantitative estimate of drug-likeness (QED) is 0.345. The number of fused-ring (bicyclic) bond motifs is 6. The number of nitrogens with zero attached hydrogens (tertiary/aromatic N) is 3. The van der Waals surface area contributed by atoms with Crippen LogP contribution in [0, 0.1) is 17.2 Å². The van der Waals surface area contributed by atoms with Gasteiger partial charge in [-0.05, 0) is 69.5 Å². The molecule has 0 spiro atoms. The number of aromatic nitrogens is 1. The molecule has 0 amide bonds. The Morgan fingerprint density at radius 2 is 1.78 bits per heavy atom. The number of hydrogen-bond donors (Lipinski definition) is 0. The van der Waals surface area contributed by atoms with Gasteiger partial charge in [0, 0.05) is 29.6 Å². The van der Waals surface area contributed by atoms with Crippen molar-refractivity contribution in [2.75, 3.05) is 4.90 Å². The minimum atomic E-state index is 0.156. The molecule has 0 N–H and O–H groups in total. The van der Waals surface area contributed by atoms with Crippen LogP contribution in [0.15, 0.2) is 132 Å². The van der Waals surface area contributed by atoms with Crippen LogP contribution in [-0.2, 0) is 6.42 Å². The highest BCUT2D eigenvalue weighted by atomic mass is 15.2. The van der Waals surface area contributed by atoms with Gasteiger partial charge in [-0.2, -0.15) is 5.26 Å². The molecule has 4 unspecified atom stereocenters. The Morgan fingerprint density at radius 1 is 0.927 bits per heavy atom. The van der Waals surface area contributed by atoms with Crippen molar-refractivity contribution in [1.29, 1.82) is 5.26 Å². The summed E-state index contributed by atoms with van der Waals surface area (Å²) in [4.78, 5) is 7.02. The smallest absolute Gasteiger partial charge is 0.144 e. The Kier molecular flexibility index (Phi) is 5.57. The fourth-order valence-electron chi connectivity index (χ4n) is 7.90. The van der Waals surface area contributed by atoms with Gasteiger partial charge < -0.3 is 4.90 Å². The van der Waals surface area contributed by atoms with Gasteiger partial charge in [0.15, 0.2) is 0 Å². The normalized spacial score (nSPS) is 27.0. The van der Waals surface area contributed by atoms with E-state index in [-0.39, 0.29) is 12.0 Å². The first-order valence-electron chi connectivity index (χ1n) is 14.7. The molecule has 1 aromatic heterocycles. The third kappa shape index (κ3) is 3.67. The standard InChI is InChI=1S/C38H31N3/c1-24-28(25-10-6-11-26(21-25)30-15-8-20-40-34(30)23-39)14-7-17-35(24)41-36-16-5-4-13-32(36)38-33-22-27-9-2-3-12-29(27)31(33)18-19-37(38)41/h2-10,12-21,24,26,35,37-38H,11,22H2,1H3/t24?,26-,35?,37?,38?/m1/s1. The second-order valence-corrected chi connectivity index (χ2v) is 11.8. The number of pyridine rings is 1. The first kappa shape index (κ1) is 24.1. The zero-order chi connectivity index (χ0) is 27.5. The molecule has 0 bridgehead atoms. The summed E-state index contributed by atoms with van der Waals surface area (Å²) in [6, 6.07) is 24.8. The minimum Gasteiger partial charge on any atom is -0.357 e. The van der Waals surface area contributed by atoms with E-state index < -0.39 is 0 Å². The summed E-state index contributed by atoms with van der Waals surface area (Å²) in [5, 5.41) is 9.66. The van der Waals surface area contributed by atoms with Crippen molar-refractivity contribution in [1.82, 2.24) is 4.98 Å². The zero-order valence-corrected chi connectivity index (χ0v) is 23.1. The van der Waals surface area contributed by atoms with Crippen LogP contribution >= 0.6 is 0 Å². The minimum absolute atomic E-state index is 0.156. The van der Waals surface area contributed by atoms with Gasteiger partial charge in [0.25, 0.3) is 0 Å². The number of para-hydroxylation sites is 1. The molecule has 5 aliphatic rings. The molecule has 0 saturated carbocycles. The van der Waals surface area contributed by atoms with Crippen molar-refractivity contribution in [3.8, 4) is 6.07 Å². The van der Waals surface area contributed by atoms with Crippen LogP contribution in [0.4, 0.5) is 5.69 Å². The Labute approximate surface area is 241 Å². The summed E-state index contributed by atoms with van der Waals surface area (Å²) in [6.07, 6.45) is 22.3. The molecule has 2 heterocycles. The lowest BCUT2D eigenvalue weighted by atomic mass is 9.78. The fraction of sp³-hybridized carbons (Fsp3) is 0.211. The second kappa shape index (κ2) is 9.46. The number of nitriles is 1. The lowest BCUT2D eigenvalue weighted by Gasteiger charge is -2.41. The summed E-state index contributed by atoms with van der Waals surface area (Å²) >= 11 is 0. The van der Waals surface area contributed by atoms with Gasteiger partial charge in [0.1, 0.15) is 11.8 Å². The van der Waals surface area contributed by atoms with Gasteiger partial charge in [-0.25, -0.2) is 4.98 Å². The molecule has 5 atom stereocenters. The second-order valence-electron chi connectivity index (χ2n) is 11.8. The van der Waals surface area contributed by atoms with E-state index in [1.807, 2.05) is 12.1 Å². The van der Waals surface area contributed by atoms with Crippen LogP contribution in [0.3, 0.4) is 0 Å². The molecule has 3 nitrogen and oxygen atoms in total. The van der Waals surface area contributed by atoms with E-state index >= 15 is 0 Å². The van der Waals surface area contributed by atoms with Crippen LogP contribution in [-0.4, -0.2) is 17.1 Å². The van der Waals surface area contributed by atoms with Gasteiger partial charge in [0.05, 0.1) is 12.1 Å². The first-order valence-corrected chi connectivity index (χ1v) is 14.7. The van der Waals surface area contributed by atoms with Crippen LogP contribution in [0.2, 0.25) is 0 Å². The maximum atomic E-state index is 9.66. The predicted molar refractivity (Wildman–Crippen MR) is 165 cm³/mol. The van der Waals surface area contributed by atoms with Crippen LogP contribution in [0.25, 0.3) is 5.57 Å². The zero-order valence-electron chi connectivity index (χ0n) is 23.1. The molecule has 3 aromatic rings.